The lowest BCUT2D eigenvalue weighted by Gasteiger charge is -2.22. The predicted octanol–water partition coefficient (Wildman–Crippen LogP) is 2.42. The van der Waals surface area contributed by atoms with Crippen molar-refractivity contribution in [1.29, 1.82) is 0 Å². The number of likely N-dealkylation sites (tertiary alicyclic amines) is 1. The molecule has 2 N–H and O–H groups in total. The predicted molar refractivity (Wildman–Crippen MR) is 75.8 cm³/mol. The van der Waals surface area contributed by atoms with Gasteiger partial charge in [-0.05, 0) is 30.5 Å². The fraction of sp³-hybridized carbons (Fsp3) is 0.500. The maximum absolute atomic E-state index is 12.7. The molecule has 1 saturated heterocycles. The maximum Gasteiger partial charge on any atom is 0.416 e. The van der Waals surface area contributed by atoms with Crippen LogP contribution in [-0.4, -0.2) is 35.4 Å². The van der Waals surface area contributed by atoms with Crippen molar-refractivity contribution < 1.29 is 22.9 Å². The van der Waals surface area contributed by atoms with E-state index in [0.717, 1.165) is 6.07 Å². The van der Waals surface area contributed by atoms with Crippen LogP contribution in [0.25, 0.3) is 0 Å². The van der Waals surface area contributed by atoms with Crippen LogP contribution in [0.5, 0.6) is 0 Å². The summed E-state index contributed by atoms with van der Waals surface area (Å²) in [7, 11) is 0. The zero-order valence-corrected chi connectivity index (χ0v) is 12.4. The monoisotopic (exact) mass is 331 g/mol. The summed E-state index contributed by atoms with van der Waals surface area (Å²) in [4.78, 5) is 23.9. The largest absolute Gasteiger partial charge is 0.416 e. The van der Waals surface area contributed by atoms with Gasteiger partial charge in [-0.25, -0.2) is 0 Å². The fourth-order valence-electron chi connectivity index (χ4n) is 2.57. The van der Waals surface area contributed by atoms with Crippen LogP contribution in [0, 0.1) is 15.5 Å². The van der Waals surface area contributed by atoms with Crippen molar-refractivity contribution in [2.45, 2.75) is 19.5 Å². The lowest BCUT2D eigenvalue weighted by atomic mass is 9.90. The number of benzene rings is 1. The zero-order chi connectivity index (χ0) is 17.4. The first-order chi connectivity index (χ1) is 10.6. The van der Waals surface area contributed by atoms with Crippen LogP contribution in [-0.2, 0) is 6.18 Å². The highest BCUT2D eigenvalue weighted by atomic mass is 19.4. The first-order valence-corrected chi connectivity index (χ1v) is 6.92. The lowest BCUT2D eigenvalue weighted by Crippen LogP contribution is -2.34. The van der Waals surface area contributed by atoms with Crippen LogP contribution in [0.1, 0.15) is 29.3 Å². The van der Waals surface area contributed by atoms with Crippen molar-refractivity contribution in [2.75, 3.05) is 19.6 Å². The second-order valence-corrected chi connectivity index (χ2v) is 5.98. The van der Waals surface area contributed by atoms with Crippen molar-refractivity contribution in [3.63, 3.8) is 0 Å². The van der Waals surface area contributed by atoms with Gasteiger partial charge in [0.15, 0.2) is 0 Å². The number of nitrogens with two attached hydrogens (primary N) is 1. The number of amides is 1. The van der Waals surface area contributed by atoms with E-state index in [2.05, 4.69) is 0 Å². The van der Waals surface area contributed by atoms with E-state index in [4.69, 9.17) is 5.73 Å². The zero-order valence-electron chi connectivity index (χ0n) is 12.4. The molecule has 1 aromatic carbocycles. The van der Waals surface area contributed by atoms with Gasteiger partial charge in [-0.1, -0.05) is 6.92 Å². The average molecular weight is 331 g/mol. The number of hydrogen-bond donors (Lipinski definition) is 1. The molecule has 23 heavy (non-hydrogen) atoms. The van der Waals surface area contributed by atoms with Gasteiger partial charge in [-0.2, -0.15) is 13.2 Å². The van der Waals surface area contributed by atoms with Gasteiger partial charge in [0.1, 0.15) is 5.56 Å². The summed E-state index contributed by atoms with van der Waals surface area (Å²) in [6.07, 6.45) is -4.07. The summed E-state index contributed by atoms with van der Waals surface area (Å²) in [5.74, 6) is -0.650. The molecular formula is C14H16F3N3O3. The number of carbonyl (C=O) groups excluding carboxylic acids is 1. The molecule has 1 heterocycles. The lowest BCUT2D eigenvalue weighted by molar-refractivity contribution is -0.385. The molecule has 1 unspecified atom stereocenters. The fourth-order valence-corrected chi connectivity index (χ4v) is 2.57. The Kier molecular flexibility index (Phi) is 4.34. The van der Waals surface area contributed by atoms with E-state index in [-0.39, 0.29) is 11.0 Å². The van der Waals surface area contributed by atoms with E-state index in [1.54, 1.807) is 0 Å². The first kappa shape index (κ1) is 17.2. The summed E-state index contributed by atoms with van der Waals surface area (Å²) in [5.41, 5.74) is 3.02. The molecule has 1 aliphatic rings. The molecule has 0 spiro atoms. The summed E-state index contributed by atoms with van der Waals surface area (Å²) in [6, 6.07) is 1.94. The Morgan fingerprint density at radius 1 is 1.48 bits per heavy atom. The van der Waals surface area contributed by atoms with Gasteiger partial charge in [-0.3, -0.25) is 14.9 Å². The number of rotatable bonds is 3. The molecule has 1 aliphatic heterocycles. The number of halogens is 3. The van der Waals surface area contributed by atoms with Crippen LogP contribution in [0.3, 0.4) is 0 Å². The van der Waals surface area contributed by atoms with E-state index in [1.807, 2.05) is 6.92 Å². The van der Waals surface area contributed by atoms with Crippen molar-refractivity contribution >= 4 is 11.6 Å². The van der Waals surface area contributed by atoms with E-state index in [1.165, 1.54) is 4.90 Å². The van der Waals surface area contributed by atoms with Crippen LogP contribution in [0.2, 0.25) is 0 Å². The molecule has 1 aromatic rings. The molecule has 0 aliphatic carbocycles. The standard InChI is InChI=1S/C14H16F3N3O3/c1-13(7-18)4-5-19(8-13)12(21)10-3-2-9(14(15,16)17)6-11(10)20(22)23/h2-3,6H,4-5,7-8,18H2,1H3. The normalized spacial score (nSPS) is 21.5. The van der Waals surface area contributed by atoms with Crippen LogP contribution >= 0.6 is 0 Å². The minimum atomic E-state index is -4.71. The van der Waals surface area contributed by atoms with Gasteiger partial charge in [0.05, 0.1) is 10.5 Å². The third kappa shape index (κ3) is 3.44. The third-order valence-electron chi connectivity index (χ3n) is 4.09. The van der Waals surface area contributed by atoms with Crippen LogP contribution in [0.15, 0.2) is 18.2 Å². The Balaban J connectivity index is 2.36. The summed E-state index contributed by atoms with van der Waals surface area (Å²) in [5, 5.41) is 11.1. The Labute approximate surface area is 130 Å². The minimum Gasteiger partial charge on any atom is -0.338 e. The molecule has 1 amide bonds. The quantitative estimate of drug-likeness (QED) is 0.680. The van der Waals surface area contributed by atoms with Crippen molar-refractivity contribution in [2.24, 2.45) is 11.1 Å². The first-order valence-electron chi connectivity index (χ1n) is 6.92. The SMILES string of the molecule is CC1(CN)CCN(C(=O)c2ccc(C(F)(F)F)cc2[N+](=O)[O-])C1. The molecule has 1 fully saturated rings. The summed E-state index contributed by atoms with van der Waals surface area (Å²) >= 11 is 0. The van der Waals surface area contributed by atoms with E-state index >= 15 is 0 Å². The van der Waals surface area contributed by atoms with Crippen LogP contribution in [0.4, 0.5) is 18.9 Å². The summed E-state index contributed by atoms with van der Waals surface area (Å²) < 4.78 is 38.0. The molecule has 0 aromatic heterocycles. The highest BCUT2D eigenvalue weighted by Crippen LogP contribution is 2.35. The molecule has 0 radical (unpaired) electrons. The average Bonchev–Trinajstić information content (AvgIpc) is 2.88. The van der Waals surface area contributed by atoms with E-state index < -0.39 is 28.3 Å². The number of alkyl halides is 3. The molecule has 0 bridgehead atoms. The van der Waals surface area contributed by atoms with Gasteiger partial charge >= 0.3 is 6.18 Å². The highest BCUT2D eigenvalue weighted by molar-refractivity contribution is 5.98. The number of hydrogen-bond acceptors (Lipinski definition) is 4. The highest BCUT2D eigenvalue weighted by Gasteiger charge is 2.38. The van der Waals surface area contributed by atoms with E-state index in [9.17, 15) is 28.1 Å². The molecule has 126 valence electrons. The van der Waals surface area contributed by atoms with Gasteiger partial charge < -0.3 is 10.6 Å². The second-order valence-electron chi connectivity index (χ2n) is 5.98. The number of nitro benzene ring substituents is 1. The van der Waals surface area contributed by atoms with Crippen molar-refractivity contribution in [1.82, 2.24) is 4.90 Å². The van der Waals surface area contributed by atoms with E-state index in [0.29, 0.717) is 38.2 Å². The third-order valence-corrected chi connectivity index (χ3v) is 4.09. The maximum atomic E-state index is 12.7. The molecule has 1 atom stereocenters. The number of nitrogens with zero attached hydrogens (tertiary/aromatic N) is 2. The molecule has 2 rings (SSSR count). The topological polar surface area (TPSA) is 89.5 Å². The molecular weight excluding hydrogens is 315 g/mol. The second kappa shape index (κ2) is 5.80. The molecule has 6 nitrogen and oxygen atoms in total. The molecule has 9 heteroatoms. The van der Waals surface area contributed by atoms with Gasteiger partial charge in [-0.15, -0.1) is 0 Å². The number of carbonyl (C=O) groups is 1. The van der Waals surface area contributed by atoms with Crippen LogP contribution < -0.4 is 5.73 Å². The minimum absolute atomic E-state index is 0.281. The van der Waals surface area contributed by atoms with Gasteiger partial charge in [0, 0.05) is 19.2 Å². The summed E-state index contributed by atoms with van der Waals surface area (Å²) in [6.45, 7) is 2.93. The number of nitro groups is 1. The Bertz CT molecular complexity index is 648. The Morgan fingerprint density at radius 2 is 2.13 bits per heavy atom. The van der Waals surface area contributed by atoms with Crippen molar-refractivity contribution in [3.8, 4) is 0 Å². The molecule has 0 saturated carbocycles. The smallest absolute Gasteiger partial charge is 0.338 e. The Hall–Kier alpha value is -2.16. The Morgan fingerprint density at radius 3 is 2.61 bits per heavy atom. The van der Waals surface area contributed by atoms with Crippen molar-refractivity contribution in [3.05, 3.63) is 39.4 Å². The van der Waals surface area contributed by atoms with Gasteiger partial charge in [0.25, 0.3) is 11.6 Å². The van der Waals surface area contributed by atoms with Gasteiger partial charge in [0.2, 0.25) is 0 Å².